The number of benzene rings is 1. The average Bonchev–Trinajstić information content (AvgIpc) is 2.36. The number of hydrogen-bond acceptors (Lipinski definition) is 2. The van der Waals surface area contributed by atoms with E-state index >= 15 is 0 Å². The highest BCUT2D eigenvalue weighted by atomic mass is 16.5. The summed E-state index contributed by atoms with van der Waals surface area (Å²) < 4.78 is 5.71. The number of carbonyl (C=O) groups excluding carboxylic acids is 1. The molecule has 1 N–H and O–H groups in total. The average molecular weight is 277 g/mol. The first-order chi connectivity index (χ1) is 9.43. The van der Waals surface area contributed by atoms with Gasteiger partial charge in [-0.05, 0) is 43.4 Å². The van der Waals surface area contributed by atoms with Crippen molar-refractivity contribution in [3.63, 3.8) is 0 Å². The highest BCUT2D eigenvalue weighted by Gasteiger charge is 2.11. The number of rotatable bonds is 7. The third-order valence-corrected chi connectivity index (χ3v) is 3.28. The number of carbonyl (C=O) groups is 1. The van der Waals surface area contributed by atoms with E-state index in [-0.39, 0.29) is 18.6 Å². The SMILES string of the molecule is CCC[C@H](C)NC(=O)COc1cc(C)ccc1C(C)C. The summed E-state index contributed by atoms with van der Waals surface area (Å²) in [5.41, 5.74) is 2.29. The number of hydrogen-bond donors (Lipinski definition) is 1. The predicted octanol–water partition coefficient (Wildman–Crippen LogP) is 3.80. The van der Waals surface area contributed by atoms with Gasteiger partial charge in [0.1, 0.15) is 5.75 Å². The van der Waals surface area contributed by atoms with Gasteiger partial charge in [-0.15, -0.1) is 0 Å². The van der Waals surface area contributed by atoms with Crippen molar-refractivity contribution >= 4 is 5.91 Å². The van der Waals surface area contributed by atoms with Crippen molar-refractivity contribution in [3.8, 4) is 5.75 Å². The molecule has 1 aromatic rings. The van der Waals surface area contributed by atoms with Gasteiger partial charge in [-0.3, -0.25) is 4.79 Å². The molecule has 0 unspecified atom stereocenters. The summed E-state index contributed by atoms with van der Waals surface area (Å²) in [5, 5.41) is 2.95. The molecule has 0 heterocycles. The van der Waals surface area contributed by atoms with E-state index in [2.05, 4.69) is 38.2 Å². The molecule has 112 valence electrons. The molecule has 0 aliphatic carbocycles. The Bertz CT molecular complexity index is 441. The Hall–Kier alpha value is -1.51. The minimum atomic E-state index is -0.0536. The van der Waals surface area contributed by atoms with Crippen LogP contribution in [0.4, 0.5) is 0 Å². The van der Waals surface area contributed by atoms with Crippen LogP contribution in [-0.2, 0) is 4.79 Å². The van der Waals surface area contributed by atoms with E-state index in [1.165, 1.54) is 0 Å². The van der Waals surface area contributed by atoms with Crippen LogP contribution in [0.2, 0.25) is 0 Å². The summed E-state index contributed by atoms with van der Waals surface area (Å²) >= 11 is 0. The zero-order chi connectivity index (χ0) is 15.1. The van der Waals surface area contributed by atoms with Crippen LogP contribution in [0.3, 0.4) is 0 Å². The molecule has 0 aliphatic heterocycles. The molecule has 0 spiro atoms. The fraction of sp³-hybridized carbons (Fsp3) is 0.588. The molecule has 20 heavy (non-hydrogen) atoms. The minimum Gasteiger partial charge on any atom is -0.483 e. The summed E-state index contributed by atoms with van der Waals surface area (Å²) in [7, 11) is 0. The smallest absolute Gasteiger partial charge is 0.258 e. The van der Waals surface area contributed by atoms with Gasteiger partial charge >= 0.3 is 0 Å². The van der Waals surface area contributed by atoms with E-state index < -0.39 is 0 Å². The van der Waals surface area contributed by atoms with Crippen molar-refractivity contribution < 1.29 is 9.53 Å². The van der Waals surface area contributed by atoms with Gasteiger partial charge in [0.05, 0.1) is 0 Å². The summed E-state index contributed by atoms with van der Waals surface area (Å²) in [6, 6.07) is 6.36. The molecule has 0 saturated heterocycles. The number of ether oxygens (including phenoxy) is 1. The van der Waals surface area contributed by atoms with Crippen LogP contribution in [0.1, 0.15) is 57.6 Å². The molecule has 0 aliphatic rings. The Balaban J connectivity index is 2.61. The lowest BCUT2D eigenvalue weighted by atomic mass is 10.0. The predicted molar refractivity (Wildman–Crippen MR) is 83.3 cm³/mol. The topological polar surface area (TPSA) is 38.3 Å². The Kier molecular flexibility index (Phi) is 6.56. The van der Waals surface area contributed by atoms with E-state index in [0.29, 0.717) is 5.92 Å². The lowest BCUT2D eigenvalue weighted by Crippen LogP contribution is -2.36. The van der Waals surface area contributed by atoms with Crippen molar-refractivity contribution in [1.29, 1.82) is 0 Å². The fourth-order valence-electron chi connectivity index (χ4n) is 2.21. The molecule has 0 saturated carbocycles. The summed E-state index contributed by atoms with van der Waals surface area (Å²) in [4.78, 5) is 11.8. The third kappa shape index (κ3) is 5.24. The van der Waals surface area contributed by atoms with Crippen molar-refractivity contribution in [2.75, 3.05) is 6.61 Å². The second-order valence-corrected chi connectivity index (χ2v) is 5.74. The Labute approximate surface area is 122 Å². The molecule has 0 bridgehead atoms. The minimum absolute atomic E-state index is 0.0536. The second kappa shape index (κ2) is 7.93. The number of aryl methyl sites for hydroxylation is 1. The quantitative estimate of drug-likeness (QED) is 0.823. The maximum Gasteiger partial charge on any atom is 0.258 e. The molecule has 1 atom stereocenters. The van der Waals surface area contributed by atoms with E-state index in [4.69, 9.17) is 4.74 Å². The van der Waals surface area contributed by atoms with Crippen LogP contribution in [0.5, 0.6) is 5.75 Å². The van der Waals surface area contributed by atoms with Gasteiger partial charge in [-0.25, -0.2) is 0 Å². The standard InChI is InChI=1S/C17H27NO2/c1-6-7-14(5)18-17(19)11-20-16-10-13(4)8-9-15(16)12(2)3/h8-10,12,14H,6-7,11H2,1-5H3,(H,18,19)/t14-/m0/s1. The monoisotopic (exact) mass is 277 g/mol. The Morgan fingerprint density at radius 2 is 2.00 bits per heavy atom. The van der Waals surface area contributed by atoms with Crippen LogP contribution in [0.15, 0.2) is 18.2 Å². The molecular weight excluding hydrogens is 250 g/mol. The van der Waals surface area contributed by atoms with E-state index in [1.54, 1.807) is 0 Å². The first-order valence-electron chi connectivity index (χ1n) is 7.46. The Morgan fingerprint density at radius 1 is 1.30 bits per heavy atom. The maximum atomic E-state index is 11.8. The zero-order valence-corrected chi connectivity index (χ0v) is 13.3. The molecule has 3 nitrogen and oxygen atoms in total. The van der Waals surface area contributed by atoms with Gasteiger partial charge in [-0.1, -0.05) is 39.3 Å². The van der Waals surface area contributed by atoms with Crippen molar-refractivity contribution in [2.24, 2.45) is 0 Å². The molecular formula is C17H27NO2. The highest BCUT2D eigenvalue weighted by molar-refractivity contribution is 5.77. The molecule has 1 rings (SSSR count). The first kappa shape index (κ1) is 16.5. The molecule has 0 fully saturated rings. The Morgan fingerprint density at radius 3 is 2.60 bits per heavy atom. The molecule has 1 amide bonds. The summed E-state index contributed by atoms with van der Waals surface area (Å²) in [5.74, 6) is 1.15. The number of amides is 1. The second-order valence-electron chi connectivity index (χ2n) is 5.74. The van der Waals surface area contributed by atoms with Crippen LogP contribution in [-0.4, -0.2) is 18.6 Å². The third-order valence-electron chi connectivity index (χ3n) is 3.28. The van der Waals surface area contributed by atoms with E-state index in [1.807, 2.05) is 19.9 Å². The van der Waals surface area contributed by atoms with Crippen LogP contribution in [0, 0.1) is 6.92 Å². The summed E-state index contributed by atoms with van der Waals surface area (Å²) in [6.07, 6.45) is 2.06. The fourth-order valence-corrected chi connectivity index (χ4v) is 2.21. The number of nitrogens with one attached hydrogen (secondary N) is 1. The van der Waals surface area contributed by atoms with Gasteiger partial charge in [0.25, 0.3) is 5.91 Å². The zero-order valence-electron chi connectivity index (χ0n) is 13.3. The maximum absolute atomic E-state index is 11.8. The normalized spacial score (nSPS) is 12.3. The van der Waals surface area contributed by atoms with Crippen LogP contribution < -0.4 is 10.1 Å². The molecule has 0 radical (unpaired) electrons. The van der Waals surface area contributed by atoms with Crippen LogP contribution in [0.25, 0.3) is 0 Å². The van der Waals surface area contributed by atoms with Gasteiger partial charge in [-0.2, -0.15) is 0 Å². The van der Waals surface area contributed by atoms with Crippen molar-refractivity contribution in [2.45, 2.75) is 59.4 Å². The lowest BCUT2D eigenvalue weighted by molar-refractivity contribution is -0.123. The largest absolute Gasteiger partial charge is 0.483 e. The van der Waals surface area contributed by atoms with Crippen molar-refractivity contribution in [1.82, 2.24) is 5.32 Å². The van der Waals surface area contributed by atoms with Gasteiger partial charge < -0.3 is 10.1 Å². The summed E-state index contributed by atoms with van der Waals surface area (Å²) in [6.45, 7) is 10.5. The molecule has 0 aromatic heterocycles. The van der Waals surface area contributed by atoms with Gasteiger partial charge in [0.2, 0.25) is 0 Å². The van der Waals surface area contributed by atoms with E-state index in [9.17, 15) is 4.79 Å². The highest BCUT2D eigenvalue weighted by Crippen LogP contribution is 2.27. The first-order valence-corrected chi connectivity index (χ1v) is 7.46. The van der Waals surface area contributed by atoms with Crippen molar-refractivity contribution in [3.05, 3.63) is 29.3 Å². The van der Waals surface area contributed by atoms with Crippen LogP contribution >= 0.6 is 0 Å². The lowest BCUT2D eigenvalue weighted by Gasteiger charge is -2.16. The molecule has 3 heteroatoms. The van der Waals surface area contributed by atoms with E-state index in [0.717, 1.165) is 29.7 Å². The molecule has 1 aromatic carbocycles. The van der Waals surface area contributed by atoms with Gasteiger partial charge in [0, 0.05) is 6.04 Å². The van der Waals surface area contributed by atoms with Gasteiger partial charge in [0.15, 0.2) is 6.61 Å².